The van der Waals surface area contributed by atoms with E-state index in [1.165, 1.54) is 10.6 Å². The van der Waals surface area contributed by atoms with E-state index in [1.54, 1.807) is 16.7 Å². The SMILES string of the molecule is CCCn1c(=O)c2[nH]c(-c3ccc(/C=C/C(=O)O)cc3)cc2n(CCC)c1=O. The minimum Gasteiger partial charge on any atom is -0.478 e. The Kier molecular flexibility index (Phi) is 5.63. The molecule has 0 radical (unpaired) electrons. The van der Waals surface area contributed by atoms with Crippen LogP contribution in [0.1, 0.15) is 32.3 Å². The third-order valence-electron chi connectivity index (χ3n) is 4.54. The van der Waals surface area contributed by atoms with Crippen LogP contribution in [-0.4, -0.2) is 25.2 Å². The molecule has 1 aromatic carbocycles. The Morgan fingerprint density at radius 2 is 1.71 bits per heavy atom. The van der Waals surface area contributed by atoms with Crippen molar-refractivity contribution in [3.8, 4) is 11.3 Å². The molecule has 0 amide bonds. The van der Waals surface area contributed by atoms with Crippen LogP contribution in [0.15, 0.2) is 46.0 Å². The second-order valence-corrected chi connectivity index (χ2v) is 6.63. The third-order valence-corrected chi connectivity index (χ3v) is 4.54. The highest BCUT2D eigenvalue weighted by Gasteiger charge is 2.15. The molecule has 0 aliphatic rings. The van der Waals surface area contributed by atoms with Gasteiger partial charge in [0, 0.05) is 24.9 Å². The number of aliphatic carboxylic acids is 1. The number of nitrogens with zero attached hydrogens (tertiary/aromatic N) is 2. The van der Waals surface area contributed by atoms with Crippen molar-refractivity contribution in [2.24, 2.45) is 0 Å². The van der Waals surface area contributed by atoms with Crippen LogP contribution in [0, 0.1) is 0 Å². The lowest BCUT2D eigenvalue weighted by Gasteiger charge is -2.10. The van der Waals surface area contributed by atoms with Crippen LogP contribution in [0.5, 0.6) is 0 Å². The normalized spacial score (nSPS) is 11.5. The van der Waals surface area contributed by atoms with Gasteiger partial charge in [-0.1, -0.05) is 38.1 Å². The lowest BCUT2D eigenvalue weighted by atomic mass is 10.1. The van der Waals surface area contributed by atoms with E-state index in [1.807, 2.05) is 32.0 Å². The van der Waals surface area contributed by atoms with E-state index in [9.17, 15) is 14.4 Å². The molecule has 28 heavy (non-hydrogen) atoms. The maximum Gasteiger partial charge on any atom is 0.331 e. The molecular weight excluding hydrogens is 358 g/mol. The fourth-order valence-corrected chi connectivity index (χ4v) is 3.25. The lowest BCUT2D eigenvalue weighted by molar-refractivity contribution is -0.131. The third kappa shape index (κ3) is 3.69. The van der Waals surface area contributed by atoms with Gasteiger partial charge in [0.15, 0.2) is 0 Å². The van der Waals surface area contributed by atoms with E-state index in [0.717, 1.165) is 29.3 Å². The number of rotatable bonds is 7. The first kappa shape index (κ1) is 19.4. The van der Waals surface area contributed by atoms with E-state index >= 15 is 0 Å². The molecule has 2 heterocycles. The highest BCUT2D eigenvalue weighted by Crippen LogP contribution is 2.23. The first-order valence-electron chi connectivity index (χ1n) is 9.34. The topological polar surface area (TPSA) is 97.1 Å². The molecular formula is C21H23N3O4. The summed E-state index contributed by atoms with van der Waals surface area (Å²) in [5.74, 6) is -1.00. The molecule has 0 aliphatic carbocycles. The van der Waals surface area contributed by atoms with Crippen LogP contribution in [-0.2, 0) is 17.9 Å². The molecule has 0 spiro atoms. The zero-order valence-electron chi connectivity index (χ0n) is 15.9. The second kappa shape index (κ2) is 8.12. The van der Waals surface area contributed by atoms with Gasteiger partial charge in [-0.25, -0.2) is 9.59 Å². The smallest absolute Gasteiger partial charge is 0.331 e. The van der Waals surface area contributed by atoms with Gasteiger partial charge in [0.05, 0.1) is 5.52 Å². The molecule has 3 rings (SSSR count). The van der Waals surface area contributed by atoms with E-state index in [0.29, 0.717) is 30.5 Å². The minimum absolute atomic E-state index is 0.277. The molecule has 3 aromatic rings. The van der Waals surface area contributed by atoms with Crippen molar-refractivity contribution in [2.75, 3.05) is 0 Å². The molecule has 2 N–H and O–H groups in total. The molecule has 2 aromatic heterocycles. The number of fused-ring (bicyclic) bond motifs is 1. The van der Waals surface area contributed by atoms with Crippen molar-refractivity contribution in [2.45, 2.75) is 39.8 Å². The van der Waals surface area contributed by atoms with Crippen LogP contribution < -0.4 is 11.2 Å². The zero-order chi connectivity index (χ0) is 20.3. The Bertz CT molecular complexity index is 1150. The molecule has 7 nitrogen and oxygen atoms in total. The molecule has 0 aliphatic heterocycles. The fourth-order valence-electron chi connectivity index (χ4n) is 3.25. The van der Waals surface area contributed by atoms with E-state index < -0.39 is 5.97 Å². The van der Waals surface area contributed by atoms with Crippen LogP contribution in [0.2, 0.25) is 0 Å². The number of carbonyl (C=O) groups is 1. The van der Waals surface area contributed by atoms with Crippen molar-refractivity contribution in [3.05, 3.63) is 62.8 Å². The van der Waals surface area contributed by atoms with Crippen molar-refractivity contribution < 1.29 is 9.90 Å². The summed E-state index contributed by atoms with van der Waals surface area (Å²) < 4.78 is 2.94. The molecule has 0 unspecified atom stereocenters. The number of aromatic nitrogens is 3. The molecule has 146 valence electrons. The molecule has 7 heteroatoms. The summed E-state index contributed by atoms with van der Waals surface area (Å²) in [7, 11) is 0. The number of aryl methyl sites for hydroxylation is 1. The van der Waals surface area contributed by atoms with Crippen molar-refractivity contribution in [1.82, 2.24) is 14.1 Å². The first-order chi connectivity index (χ1) is 13.5. The lowest BCUT2D eigenvalue weighted by Crippen LogP contribution is -2.39. The Hall–Kier alpha value is -3.35. The van der Waals surface area contributed by atoms with Gasteiger partial charge in [0.2, 0.25) is 0 Å². The van der Waals surface area contributed by atoms with Crippen molar-refractivity contribution in [1.29, 1.82) is 0 Å². The zero-order valence-corrected chi connectivity index (χ0v) is 15.9. The number of hydrogen-bond donors (Lipinski definition) is 2. The summed E-state index contributed by atoms with van der Waals surface area (Å²) in [6.45, 7) is 4.84. The number of H-pyrrole nitrogens is 1. The Morgan fingerprint density at radius 3 is 2.32 bits per heavy atom. The van der Waals surface area contributed by atoms with Crippen LogP contribution >= 0.6 is 0 Å². The molecule has 0 atom stereocenters. The number of aromatic amines is 1. The van der Waals surface area contributed by atoms with Gasteiger partial charge in [-0.05, 0) is 36.1 Å². The van der Waals surface area contributed by atoms with Gasteiger partial charge >= 0.3 is 11.7 Å². The van der Waals surface area contributed by atoms with Crippen LogP contribution in [0.25, 0.3) is 28.4 Å². The average molecular weight is 381 g/mol. The van der Waals surface area contributed by atoms with Gasteiger partial charge in [-0.3, -0.25) is 13.9 Å². The summed E-state index contributed by atoms with van der Waals surface area (Å²) >= 11 is 0. The van der Waals surface area contributed by atoms with Gasteiger partial charge in [0.25, 0.3) is 5.56 Å². The van der Waals surface area contributed by atoms with Gasteiger partial charge in [0.1, 0.15) is 5.52 Å². The monoisotopic (exact) mass is 381 g/mol. The predicted molar refractivity (Wildman–Crippen MR) is 110 cm³/mol. The quantitative estimate of drug-likeness (QED) is 0.615. The maximum atomic E-state index is 12.8. The van der Waals surface area contributed by atoms with Crippen molar-refractivity contribution in [3.63, 3.8) is 0 Å². The minimum atomic E-state index is -1.00. The van der Waals surface area contributed by atoms with Gasteiger partial charge < -0.3 is 10.1 Å². The Balaban J connectivity index is 2.12. The average Bonchev–Trinajstić information content (AvgIpc) is 3.13. The Morgan fingerprint density at radius 1 is 1.07 bits per heavy atom. The van der Waals surface area contributed by atoms with E-state index in [-0.39, 0.29) is 11.2 Å². The number of nitrogens with one attached hydrogen (secondary N) is 1. The molecule has 0 bridgehead atoms. The van der Waals surface area contributed by atoms with Gasteiger partial charge in [-0.15, -0.1) is 0 Å². The first-order valence-corrected chi connectivity index (χ1v) is 9.34. The predicted octanol–water partition coefficient (Wildman–Crippen LogP) is 3.08. The van der Waals surface area contributed by atoms with Crippen LogP contribution in [0.3, 0.4) is 0 Å². The van der Waals surface area contributed by atoms with Gasteiger partial charge in [-0.2, -0.15) is 0 Å². The summed E-state index contributed by atoms with van der Waals surface area (Å²) in [5.41, 5.74) is 2.79. The van der Waals surface area contributed by atoms with E-state index in [4.69, 9.17) is 5.11 Å². The molecule has 0 fully saturated rings. The Labute approximate surface area is 161 Å². The number of carboxylic acid groups (broad SMARTS) is 1. The largest absolute Gasteiger partial charge is 0.478 e. The number of carboxylic acids is 1. The fraction of sp³-hybridized carbons (Fsp3) is 0.286. The van der Waals surface area contributed by atoms with E-state index in [2.05, 4.69) is 4.98 Å². The number of hydrogen-bond acceptors (Lipinski definition) is 3. The highest BCUT2D eigenvalue weighted by molar-refractivity contribution is 5.86. The highest BCUT2D eigenvalue weighted by atomic mass is 16.4. The van der Waals surface area contributed by atoms with Crippen LogP contribution in [0.4, 0.5) is 0 Å². The molecule has 0 saturated carbocycles. The molecule has 0 saturated heterocycles. The number of benzene rings is 1. The summed E-state index contributed by atoms with van der Waals surface area (Å²) in [6, 6.07) is 9.12. The maximum absolute atomic E-state index is 12.8. The van der Waals surface area contributed by atoms with Crippen molar-refractivity contribution >= 4 is 23.1 Å². The summed E-state index contributed by atoms with van der Waals surface area (Å²) in [6.07, 6.45) is 4.08. The standard InChI is InChI=1S/C21H23N3O4/c1-3-11-23-17-13-16(15-8-5-14(6-9-15)7-10-18(25)26)22-19(17)20(27)24(12-4-2)21(23)28/h5-10,13,22H,3-4,11-12H2,1-2H3,(H,25,26)/b10-7+. The second-order valence-electron chi connectivity index (χ2n) is 6.63. The summed E-state index contributed by atoms with van der Waals surface area (Å²) in [4.78, 5) is 39.4. The summed E-state index contributed by atoms with van der Waals surface area (Å²) in [5, 5.41) is 8.72.